The normalized spacial score (nSPS) is 23.1. The summed E-state index contributed by atoms with van der Waals surface area (Å²) in [5.41, 5.74) is 2.59. The molecule has 3 aliphatic rings. The number of amides is 1. The lowest BCUT2D eigenvalue weighted by Crippen LogP contribution is -2.38. The fourth-order valence-corrected chi connectivity index (χ4v) is 5.62. The number of nitrogens with zero attached hydrogens (tertiary/aromatic N) is 1. The minimum atomic E-state index is -0.327. The summed E-state index contributed by atoms with van der Waals surface area (Å²) in [4.78, 5) is 15.4. The average molecular weight is 465 g/mol. The molecule has 1 amide bonds. The number of fused-ring (bicyclic) bond motifs is 1. The second-order valence-electron chi connectivity index (χ2n) is 9.84. The first kappa shape index (κ1) is 22.9. The number of likely N-dealkylation sites (tertiary alicyclic amines) is 1. The van der Waals surface area contributed by atoms with Gasteiger partial charge in [0.05, 0.1) is 12.7 Å². The number of methoxy groups -OCH3 is 1. The van der Waals surface area contributed by atoms with E-state index < -0.39 is 0 Å². The molecule has 1 saturated carbocycles. The van der Waals surface area contributed by atoms with Gasteiger partial charge in [0.15, 0.2) is 0 Å². The van der Waals surface area contributed by atoms with Crippen molar-refractivity contribution in [2.75, 3.05) is 33.4 Å². The highest BCUT2D eigenvalue weighted by Crippen LogP contribution is 2.32. The molecule has 5 rings (SSSR count). The van der Waals surface area contributed by atoms with Gasteiger partial charge in [0.2, 0.25) is 0 Å². The van der Waals surface area contributed by atoms with Crippen LogP contribution in [0.5, 0.6) is 11.5 Å². The van der Waals surface area contributed by atoms with E-state index in [0.29, 0.717) is 28.7 Å². The molecule has 5 nitrogen and oxygen atoms in total. The SMILES string of the molecule is COc1ccc(C2CCN(CC3CCC(NC(=O)C4=Cc5cc(F)ccc5OC4)C3)CC2)cc1. The molecule has 34 heavy (non-hydrogen) atoms. The first-order valence-electron chi connectivity index (χ1n) is 12.4. The summed E-state index contributed by atoms with van der Waals surface area (Å²) >= 11 is 0. The van der Waals surface area contributed by atoms with Crippen molar-refractivity contribution in [2.45, 2.75) is 44.1 Å². The van der Waals surface area contributed by atoms with Crippen molar-refractivity contribution >= 4 is 12.0 Å². The van der Waals surface area contributed by atoms with Crippen molar-refractivity contribution in [1.82, 2.24) is 10.2 Å². The van der Waals surface area contributed by atoms with E-state index in [1.54, 1.807) is 19.3 Å². The van der Waals surface area contributed by atoms with Crippen LogP contribution in [0, 0.1) is 11.7 Å². The highest BCUT2D eigenvalue weighted by atomic mass is 19.1. The first-order valence-corrected chi connectivity index (χ1v) is 12.4. The zero-order chi connectivity index (χ0) is 23.5. The maximum absolute atomic E-state index is 13.5. The fraction of sp³-hybridized carbons (Fsp3) is 0.464. The van der Waals surface area contributed by atoms with Crippen molar-refractivity contribution in [2.24, 2.45) is 5.92 Å². The van der Waals surface area contributed by atoms with Crippen LogP contribution >= 0.6 is 0 Å². The molecule has 180 valence electrons. The molecule has 6 heteroatoms. The second kappa shape index (κ2) is 10.2. The van der Waals surface area contributed by atoms with Crippen LogP contribution in [0.15, 0.2) is 48.0 Å². The van der Waals surface area contributed by atoms with Crippen molar-refractivity contribution in [1.29, 1.82) is 0 Å². The lowest BCUT2D eigenvalue weighted by atomic mass is 9.89. The Kier molecular flexibility index (Phi) is 6.86. The van der Waals surface area contributed by atoms with Gasteiger partial charge in [-0.25, -0.2) is 4.39 Å². The molecular formula is C28H33FN2O3. The summed E-state index contributed by atoms with van der Waals surface area (Å²) in [6, 6.07) is 13.1. The van der Waals surface area contributed by atoms with E-state index in [4.69, 9.17) is 9.47 Å². The monoisotopic (exact) mass is 464 g/mol. The van der Waals surface area contributed by atoms with E-state index in [1.807, 2.05) is 0 Å². The number of benzene rings is 2. The third-order valence-electron chi connectivity index (χ3n) is 7.54. The Balaban J connectivity index is 1.08. The maximum Gasteiger partial charge on any atom is 0.250 e. The van der Waals surface area contributed by atoms with E-state index in [1.165, 1.54) is 30.5 Å². The third kappa shape index (κ3) is 5.27. The summed E-state index contributed by atoms with van der Waals surface area (Å²) in [5.74, 6) is 2.36. The summed E-state index contributed by atoms with van der Waals surface area (Å²) in [6.07, 6.45) is 7.30. The van der Waals surface area contributed by atoms with E-state index in [2.05, 4.69) is 34.5 Å². The number of carbonyl (C=O) groups is 1. The van der Waals surface area contributed by atoms with E-state index >= 15 is 0 Å². The molecule has 0 spiro atoms. The first-order chi connectivity index (χ1) is 16.6. The zero-order valence-corrected chi connectivity index (χ0v) is 19.8. The Labute approximate surface area is 200 Å². The standard InChI is InChI=1S/C28H33FN2O3/c1-33-26-7-3-20(4-8-26)21-10-12-31(13-11-21)17-19-2-6-25(14-19)30-28(32)23-15-22-16-24(29)5-9-27(22)34-18-23/h3-5,7-9,15-16,19,21,25H,2,6,10-14,17-18H2,1H3,(H,30,32). The van der Waals surface area contributed by atoms with Crippen molar-refractivity contribution in [3.63, 3.8) is 0 Å². The number of hydrogen-bond donors (Lipinski definition) is 1. The van der Waals surface area contributed by atoms with Crippen LogP contribution in [-0.2, 0) is 4.79 Å². The highest BCUT2D eigenvalue weighted by Gasteiger charge is 2.30. The lowest BCUT2D eigenvalue weighted by Gasteiger charge is -2.33. The van der Waals surface area contributed by atoms with Crippen molar-refractivity contribution in [3.8, 4) is 11.5 Å². The van der Waals surface area contributed by atoms with Gasteiger partial charge in [-0.1, -0.05) is 12.1 Å². The Morgan fingerprint density at radius 2 is 1.91 bits per heavy atom. The molecule has 1 N–H and O–H groups in total. The largest absolute Gasteiger partial charge is 0.497 e. The molecule has 0 bridgehead atoms. The van der Waals surface area contributed by atoms with Crippen LogP contribution in [0.4, 0.5) is 4.39 Å². The maximum atomic E-state index is 13.5. The van der Waals surface area contributed by atoms with Crippen LogP contribution in [-0.4, -0.2) is 50.2 Å². The third-order valence-corrected chi connectivity index (χ3v) is 7.54. The Bertz CT molecular complexity index is 1040. The summed E-state index contributed by atoms with van der Waals surface area (Å²) < 4.78 is 24.4. The van der Waals surface area contributed by atoms with Gasteiger partial charge in [-0.05, 0) is 99.0 Å². The predicted octanol–water partition coefficient (Wildman–Crippen LogP) is 4.77. The average Bonchev–Trinajstić information content (AvgIpc) is 3.30. The number of carbonyl (C=O) groups excluding carboxylic acids is 1. The molecule has 0 aromatic heterocycles. The predicted molar refractivity (Wildman–Crippen MR) is 131 cm³/mol. The Morgan fingerprint density at radius 1 is 1.12 bits per heavy atom. The molecule has 2 aromatic rings. The molecule has 2 aromatic carbocycles. The van der Waals surface area contributed by atoms with Crippen LogP contribution in [0.1, 0.15) is 49.1 Å². The molecule has 2 atom stereocenters. The zero-order valence-electron chi connectivity index (χ0n) is 19.8. The quantitative estimate of drug-likeness (QED) is 0.669. The Morgan fingerprint density at radius 3 is 2.68 bits per heavy atom. The van der Waals surface area contributed by atoms with Gasteiger partial charge in [0.25, 0.3) is 5.91 Å². The van der Waals surface area contributed by atoms with Crippen molar-refractivity contribution < 1.29 is 18.7 Å². The van der Waals surface area contributed by atoms with Gasteiger partial charge in [-0.3, -0.25) is 4.79 Å². The number of piperidine rings is 1. The molecular weight excluding hydrogens is 431 g/mol. The van der Waals surface area contributed by atoms with E-state index in [0.717, 1.165) is 44.6 Å². The van der Waals surface area contributed by atoms with Gasteiger partial charge in [-0.15, -0.1) is 0 Å². The highest BCUT2D eigenvalue weighted by molar-refractivity contribution is 5.99. The molecule has 2 unspecified atom stereocenters. The van der Waals surface area contributed by atoms with Gasteiger partial charge >= 0.3 is 0 Å². The smallest absolute Gasteiger partial charge is 0.250 e. The molecule has 2 heterocycles. The second-order valence-corrected chi connectivity index (χ2v) is 9.84. The number of nitrogens with one attached hydrogen (secondary N) is 1. The molecule has 1 saturated heterocycles. The van der Waals surface area contributed by atoms with Crippen LogP contribution in [0.3, 0.4) is 0 Å². The van der Waals surface area contributed by atoms with Gasteiger partial charge in [-0.2, -0.15) is 0 Å². The minimum Gasteiger partial charge on any atom is -0.497 e. The summed E-state index contributed by atoms with van der Waals surface area (Å²) in [5, 5.41) is 3.19. The molecule has 0 radical (unpaired) electrons. The van der Waals surface area contributed by atoms with Crippen LogP contribution in [0.2, 0.25) is 0 Å². The number of halogens is 1. The number of ether oxygens (including phenoxy) is 2. The lowest BCUT2D eigenvalue weighted by molar-refractivity contribution is -0.118. The van der Waals surface area contributed by atoms with Crippen LogP contribution < -0.4 is 14.8 Å². The van der Waals surface area contributed by atoms with E-state index in [9.17, 15) is 9.18 Å². The van der Waals surface area contributed by atoms with Gasteiger partial charge in [0, 0.05) is 18.2 Å². The summed E-state index contributed by atoms with van der Waals surface area (Å²) in [7, 11) is 1.70. The summed E-state index contributed by atoms with van der Waals surface area (Å²) in [6.45, 7) is 3.60. The topological polar surface area (TPSA) is 50.8 Å². The fourth-order valence-electron chi connectivity index (χ4n) is 5.62. The molecule has 2 aliphatic heterocycles. The Hall–Kier alpha value is -2.86. The molecule has 2 fully saturated rings. The van der Waals surface area contributed by atoms with E-state index in [-0.39, 0.29) is 24.4 Å². The van der Waals surface area contributed by atoms with Crippen LogP contribution in [0.25, 0.3) is 6.08 Å². The molecule has 1 aliphatic carbocycles. The van der Waals surface area contributed by atoms with Gasteiger partial charge < -0.3 is 19.7 Å². The number of hydrogen-bond acceptors (Lipinski definition) is 4. The minimum absolute atomic E-state index is 0.0964. The van der Waals surface area contributed by atoms with Crippen molar-refractivity contribution in [3.05, 3.63) is 65.0 Å². The number of rotatable bonds is 6. The van der Waals surface area contributed by atoms with Gasteiger partial charge in [0.1, 0.15) is 23.9 Å².